The number of carbonyl (C=O) groups is 1. The van der Waals surface area contributed by atoms with Gasteiger partial charge in [-0.15, -0.1) is 6.58 Å². The highest BCUT2D eigenvalue weighted by molar-refractivity contribution is 5.87. The fourth-order valence-electron chi connectivity index (χ4n) is 0.859. The Morgan fingerprint density at radius 3 is 2.58 bits per heavy atom. The Morgan fingerprint density at radius 2 is 2.17 bits per heavy atom. The van der Waals surface area contributed by atoms with E-state index in [1.54, 1.807) is 11.0 Å². The summed E-state index contributed by atoms with van der Waals surface area (Å²) in [6, 6.07) is 0. The van der Waals surface area contributed by atoms with Crippen LogP contribution in [0.25, 0.3) is 0 Å². The molecule has 68 valence electrons. The maximum Gasteiger partial charge on any atom is 0.246 e. The van der Waals surface area contributed by atoms with Crippen LogP contribution in [0.5, 0.6) is 0 Å². The quantitative estimate of drug-likeness (QED) is 0.464. The van der Waals surface area contributed by atoms with Gasteiger partial charge < -0.3 is 10.6 Å². The fourth-order valence-corrected chi connectivity index (χ4v) is 0.859. The lowest BCUT2D eigenvalue weighted by atomic mass is 10.3. The van der Waals surface area contributed by atoms with Crippen LogP contribution < -0.4 is 5.73 Å². The van der Waals surface area contributed by atoms with Crippen LogP contribution >= 0.6 is 0 Å². The first kappa shape index (κ1) is 10.9. The molecule has 0 aliphatic rings. The molecule has 3 heteroatoms. The third kappa shape index (κ3) is 3.93. The second-order valence-corrected chi connectivity index (χ2v) is 2.42. The summed E-state index contributed by atoms with van der Waals surface area (Å²) in [5.74, 6) is -0.0663. The van der Waals surface area contributed by atoms with E-state index in [2.05, 4.69) is 13.2 Å². The number of carbonyl (C=O) groups excluding carboxylic acids is 1. The lowest BCUT2D eigenvalue weighted by Gasteiger charge is -2.18. The number of rotatable bonds is 6. The molecule has 0 atom stereocenters. The normalized spacial score (nSPS) is 9.08. The van der Waals surface area contributed by atoms with Crippen LogP contribution in [0.15, 0.2) is 25.3 Å². The van der Waals surface area contributed by atoms with Gasteiger partial charge in [0.2, 0.25) is 5.91 Å². The molecule has 1 amide bonds. The molecule has 0 saturated carbocycles. The summed E-state index contributed by atoms with van der Waals surface area (Å²) in [7, 11) is 0. The predicted octanol–water partition coefficient (Wildman–Crippen LogP) is 0.536. The molecule has 2 N–H and O–H groups in total. The predicted molar refractivity (Wildman–Crippen MR) is 50.6 cm³/mol. The largest absolute Gasteiger partial charge is 0.335 e. The standard InChI is InChI=1S/C9H16N2O/c1-3-7-11(8-5-6-10)9(12)4-2/h3-4H,1-2,5-8,10H2. The van der Waals surface area contributed by atoms with Gasteiger partial charge >= 0.3 is 0 Å². The zero-order valence-electron chi connectivity index (χ0n) is 7.33. The van der Waals surface area contributed by atoms with Gasteiger partial charge in [-0.3, -0.25) is 4.79 Å². The van der Waals surface area contributed by atoms with E-state index in [1.807, 2.05) is 0 Å². The Balaban J connectivity index is 3.92. The van der Waals surface area contributed by atoms with E-state index in [9.17, 15) is 4.79 Å². The molecule has 0 saturated heterocycles. The minimum absolute atomic E-state index is 0.0663. The van der Waals surface area contributed by atoms with Crippen molar-refractivity contribution in [3.8, 4) is 0 Å². The van der Waals surface area contributed by atoms with Crippen molar-refractivity contribution in [3.63, 3.8) is 0 Å². The third-order valence-electron chi connectivity index (χ3n) is 1.47. The summed E-state index contributed by atoms with van der Waals surface area (Å²) < 4.78 is 0. The fraction of sp³-hybridized carbons (Fsp3) is 0.444. The first-order chi connectivity index (χ1) is 5.76. The van der Waals surface area contributed by atoms with Gasteiger partial charge in [0.1, 0.15) is 0 Å². The van der Waals surface area contributed by atoms with Gasteiger partial charge in [-0.25, -0.2) is 0 Å². The van der Waals surface area contributed by atoms with Crippen LogP contribution in [0.2, 0.25) is 0 Å². The second kappa shape index (κ2) is 6.61. The van der Waals surface area contributed by atoms with Crippen LogP contribution in [0.1, 0.15) is 6.42 Å². The first-order valence-electron chi connectivity index (χ1n) is 3.98. The Bertz CT molecular complexity index is 166. The van der Waals surface area contributed by atoms with E-state index >= 15 is 0 Å². The molecule has 0 aliphatic carbocycles. The van der Waals surface area contributed by atoms with Crippen molar-refractivity contribution < 1.29 is 4.79 Å². The maximum atomic E-state index is 11.1. The zero-order chi connectivity index (χ0) is 9.40. The molecule has 0 aliphatic heterocycles. The van der Waals surface area contributed by atoms with E-state index in [-0.39, 0.29) is 5.91 Å². The van der Waals surface area contributed by atoms with Crippen molar-refractivity contribution in [2.45, 2.75) is 6.42 Å². The average Bonchev–Trinajstić information content (AvgIpc) is 2.11. The van der Waals surface area contributed by atoms with Crippen LogP contribution in [0, 0.1) is 0 Å². The molecular formula is C9H16N2O. The summed E-state index contributed by atoms with van der Waals surface area (Å²) in [5.41, 5.74) is 5.32. The monoisotopic (exact) mass is 168 g/mol. The number of hydrogen-bond donors (Lipinski definition) is 1. The summed E-state index contributed by atoms with van der Waals surface area (Å²) in [5, 5.41) is 0. The van der Waals surface area contributed by atoms with Crippen molar-refractivity contribution in [2.75, 3.05) is 19.6 Å². The Morgan fingerprint density at radius 1 is 1.50 bits per heavy atom. The molecule has 0 aromatic carbocycles. The highest BCUT2D eigenvalue weighted by atomic mass is 16.2. The number of hydrogen-bond acceptors (Lipinski definition) is 2. The number of nitrogens with zero attached hydrogens (tertiary/aromatic N) is 1. The molecule has 0 spiro atoms. The first-order valence-corrected chi connectivity index (χ1v) is 3.98. The minimum Gasteiger partial charge on any atom is -0.335 e. The van der Waals surface area contributed by atoms with Gasteiger partial charge in [-0.05, 0) is 19.0 Å². The third-order valence-corrected chi connectivity index (χ3v) is 1.47. The Kier molecular flexibility index (Phi) is 6.01. The Hall–Kier alpha value is -1.09. The summed E-state index contributed by atoms with van der Waals surface area (Å²) in [6.45, 7) is 8.81. The van der Waals surface area contributed by atoms with Crippen molar-refractivity contribution in [1.29, 1.82) is 0 Å². The van der Waals surface area contributed by atoms with Crippen molar-refractivity contribution >= 4 is 5.91 Å². The summed E-state index contributed by atoms with van der Waals surface area (Å²) >= 11 is 0. The van der Waals surface area contributed by atoms with Gasteiger partial charge in [-0.2, -0.15) is 0 Å². The highest BCUT2D eigenvalue weighted by Gasteiger charge is 2.05. The van der Waals surface area contributed by atoms with Gasteiger partial charge in [0.05, 0.1) is 0 Å². The molecule has 0 radical (unpaired) electrons. The van der Waals surface area contributed by atoms with Gasteiger partial charge in [-0.1, -0.05) is 12.7 Å². The second-order valence-electron chi connectivity index (χ2n) is 2.42. The molecule has 0 heterocycles. The minimum atomic E-state index is -0.0663. The lowest BCUT2D eigenvalue weighted by Crippen LogP contribution is -2.31. The SMILES string of the molecule is C=CCN(CCCN)C(=O)C=C. The van der Waals surface area contributed by atoms with Crippen molar-refractivity contribution in [1.82, 2.24) is 4.90 Å². The highest BCUT2D eigenvalue weighted by Crippen LogP contribution is 1.93. The number of amides is 1. The van der Waals surface area contributed by atoms with E-state index in [1.165, 1.54) is 6.08 Å². The molecular weight excluding hydrogens is 152 g/mol. The van der Waals surface area contributed by atoms with Gasteiger partial charge in [0, 0.05) is 13.1 Å². The van der Waals surface area contributed by atoms with E-state index < -0.39 is 0 Å². The zero-order valence-corrected chi connectivity index (χ0v) is 7.33. The topological polar surface area (TPSA) is 46.3 Å². The summed E-state index contributed by atoms with van der Waals surface area (Å²) in [6.07, 6.45) is 3.81. The molecule has 0 fully saturated rings. The lowest BCUT2D eigenvalue weighted by molar-refractivity contribution is -0.125. The molecule has 0 aromatic heterocycles. The van der Waals surface area contributed by atoms with Crippen molar-refractivity contribution in [2.24, 2.45) is 5.73 Å². The van der Waals surface area contributed by atoms with Crippen LogP contribution in [-0.2, 0) is 4.79 Å². The smallest absolute Gasteiger partial charge is 0.246 e. The van der Waals surface area contributed by atoms with Crippen LogP contribution in [-0.4, -0.2) is 30.4 Å². The van der Waals surface area contributed by atoms with E-state index in [0.717, 1.165) is 6.42 Å². The molecule has 3 nitrogen and oxygen atoms in total. The average molecular weight is 168 g/mol. The summed E-state index contributed by atoms with van der Waals surface area (Å²) in [4.78, 5) is 12.8. The number of nitrogens with two attached hydrogens (primary N) is 1. The van der Waals surface area contributed by atoms with Crippen molar-refractivity contribution in [3.05, 3.63) is 25.3 Å². The van der Waals surface area contributed by atoms with Crippen LogP contribution in [0.4, 0.5) is 0 Å². The van der Waals surface area contributed by atoms with Gasteiger partial charge in [0.25, 0.3) is 0 Å². The molecule has 0 bridgehead atoms. The maximum absolute atomic E-state index is 11.1. The van der Waals surface area contributed by atoms with E-state index in [0.29, 0.717) is 19.6 Å². The van der Waals surface area contributed by atoms with Crippen LogP contribution in [0.3, 0.4) is 0 Å². The molecule has 0 unspecified atom stereocenters. The Labute approximate surface area is 73.5 Å². The molecule has 12 heavy (non-hydrogen) atoms. The van der Waals surface area contributed by atoms with E-state index in [4.69, 9.17) is 5.73 Å². The molecule has 0 aromatic rings. The van der Waals surface area contributed by atoms with Gasteiger partial charge in [0.15, 0.2) is 0 Å². The molecule has 0 rings (SSSR count).